The number of esters is 7. The SMILES string of the molecule is CCC(C)(C)C(=O)OC(C)(C)C12CC3CC(CC(C3)C1)C2.CCC(C)(C)C(=O)OC1(C2CC3CCC2O3)CCCC1.CCC(C)(C)C(=O)OC12CC3CC(CC(O)(C3)C1)C2.CCC(C)(C)C(=O)OC12CC3CC(CC(O)(C3)C1)C2.CCC(C)(C)C(=O)OC1C2CC3C1OC(=O)C3C2C(=O)OC. The molecule has 0 radical (unpaired) electrons. The van der Waals surface area contributed by atoms with Crippen LogP contribution in [0, 0.1) is 104 Å². The molecule has 0 amide bonds. The molecule has 3 saturated heterocycles. The van der Waals surface area contributed by atoms with Crippen LogP contribution in [0.3, 0.4) is 0 Å². The standard InChI is InChI=1S/C19H32O2.C17H28O3.C16H22O6.2C16H26O3/c1-6-17(2,3)16(20)21-18(4,5)19-10-13-7-14(11-19)9-15(8-13)12-19;1-4-16(2,3)15(18)20-17(9-5-6-10-17)13-11-12-7-8-14(13)19-12;1-5-16(2,3)15(19)22-12-7-6-8-10(9(7)13(17)20-4)14(18)21-11(8)12;2*1-4-14(2,3)13(17)19-16-8-11-5-12(9-16)7-15(18,6-11)10-16/h13-15H,6-12H2,1-5H3;12-14H,4-11H2,1-3H3;7-12H,5-6H2,1-4H3;2*11-12,18H,4-10H2,1-3H3. The zero-order chi connectivity index (χ0) is 73.9. The van der Waals surface area contributed by atoms with E-state index in [1.54, 1.807) is 0 Å². The van der Waals surface area contributed by atoms with Crippen molar-refractivity contribution >= 4 is 41.8 Å². The highest BCUT2D eigenvalue weighted by Gasteiger charge is 2.71. The van der Waals surface area contributed by atoms with E-state index in [1.807, 2.05) is 90.0 Å². The lowest BCUT2D eigenvalue weighted by molar-refractivity contribution is -0.226. The molecular formula is C84H134O17. The summed E-state index contributed by atoms with van der Waals surface area (Å²) in [5.41, 5.74) is -4.25. The second-order valence-electron chi connectivity index (χ2n) is 40.1. The predicted octanol–water partition coefficient (Wildman–Crippen LogP) is 16.2. The number of rotatable bonds is 18. The molecule has 0 spiro atoms. The van der Waals surface area contributed by atoms with Crippen molar-refractivity contribution in [2.45, 2.75) is 375 Å². The van der Waals surface area contributed by atoms with Crippen LogP contribution in [0.25, 0.3) is 0 Å². The Balaban J connectivity index is 0.000000127. The normalized spacial score (nSPS) is 40.2. The van der Waals surface area contributed by atoms with Gasteiger partial charge in [-0.15, -0.1) is 0 Å². The predicted molar refractivity (Wildman–Crippen MR) is 382 cm³/mol. The van der Waals surface area contributed by atoms with Gasteiger partial charge < -0.3 is 48.1 Å². The Morgan fingerprint density at radius 3 is 1.28 bits per heavy atom. The van der Waals surface area contributed by atoms with Crippen LogP contribution in [-0.2, 0) is 71.5 Å². The first kappa shape index (κ1) is 78.2. The number of ether oxygens (including phenoxy) is 8. The smallest absolute Gasteiger partial charge is 0.312 e. The average Bonchev–Trinajstić information content (AvgIpc) is 1.65. The van der Waals surface area contributed by atoms with E-state index < -0.39 is 57.5 Å². The van der Waals surface area contributed by atoms with Gasteiger partial charge in [-0.1, -0.05) is 34.6 Å². The molecule has 17 heteroatoms. The molecule has 101 heavy (non-hydrogen) atoms. The number of carbonyl (C=O) groups excluding carboxylic acids is 7. The molecular weight excluding hydrogens is 1280 g/mol. The van der Waals surface area contributed by atoms with Gasteiger partial charge in [-0.3, -0.25) is 33.6 Å². The maximum absolute atomic E-state index is 12.6. The minimum atomic E-state index is -0.593. The molecule has 3 heterocycles. The molecule has 0 aromatic carbocycles. The molecule has 572 valence electrons. The summed E-state index contributed by atoms with van der Waals surface area (Å²) in [5, 5.41) is 21.3. The Bertz CT molecular complexity index is 2930. The summed E-state index contributed by atoms with van der Waals surface area (Å²) in [4.78, 5) is 86.3. The van der Waals surface area contributed by atoms with Crippen molar-refractivity contribution < 1.29 is 81.7 Å². The van der Waals surface area contributed by atoms with Crippen molar-refractivity contribution in [1.29, 1.82) is 0 Å². The summed E-state index contributed by atoms with van der Waals surface area (Å²) in [6.45, 7) is 33.9. The van der Waals surface area contributed by atoms with Crippen molar-refractivity contribution in [3.8, 4) is 0 Å². The Labute approximate surface area is 606 Å². The lowest BCUT2D eigenvalue weighted by Crippen LogP contribution is -2.61. The lowest BCUT2D eigenvalue weighted by Gasteiger charge is -2.61. The fraction of sp³-hybridized carbons (Fsp3) is 0.917. The Morgan fingerprint density at radius 2 is 0.891 bits per heavy atom. The summed E-state index contributed by atoms with van der Waals surface area (Å²) >= 11 is 0. The maximum Gasteiger partial charge on any atom is 0.312 e. The van der Waals surface area contributed by atoms with Crippen LogP contribution in [0.1, 0.15) is 317 Å². The van der Waals surface area contributed by atoms with Crippen molar-refractivity contribution in [3.05, 3.63) is 0 Å². The lowest BCUT2D eigenvalue weighted by atomic mass is 9.46. The molecule has 18 rings (SSSR count). The highest BCUT2D eigenvalue weighted by molar-refractivity contribution is 5.86. The third-order valence-electron chi connectivity index (χ3n) is 30.2. The highest BCUT2D eigenvalue weighted by atomic mass is 16.6. The van der Waals surface area contributed by atoms with Crippen LogP contribution in [-0.4, -0.2) is 117 Å². The Hall–Kier alpha value is -3.83. The second kappa shape index (κ2) is 28.1. The molecule has 18 aliphatic rings. The van der Waals surface area contributed by atoms with Crippen LogP contribution in [0.15, 0.2) is 0 Å². The van der Waals surface area contributed by atoms with Gasteiger partial charge in [-0.05, 0) is 311 Å². The van der Waals surface area contributed by atoms with Gasteiger partial charge in [-0.25, -0.2) is 0 Å². The first-order valence-electron chi connectivity index (χ1n) is 40.5. The number of methoxy groups -OCH3 is 1. The molecule has 2 N–H and O–H groups in total. The minimum Gasteiger partial charge on any atom is -0.469 e. The quantitative estimate of drug-likeness (QED) is 0.0959. The first-order chi connectivity index (χ1) is 47.0. The van der Waals surface area contributed by atoms with E-state index in [4.69, 9.17) is 37.9 Å². The molecule has 17 nitrogen and oxygen atoms in total. The number of hydrogen-bond acceptors (Lipinski definition) is 17. The van der Waals surface area contributed by atoms with Crippen LogP contribution < -0.4 is 0 Å². The monoisotopic (exact) mass is 1410 g/mol. The summed E-state index contributed by atoms with van der Waals surface area (Å²) in [7, 11) is 1.31. The van der Waals surface area contributed by atoms with Gasteiger partial charge >= 0.3 is 41.8 Å². The molecule has 13 atom stereocenters. The molecule has 18 fully saturated rings. The van der Waals surface area contributed by atoms with E-state index in [0.29, 0.717) is 67.5 Å². The summed E-state index contributed by atoms with van der Waals surface area (Å²) in [6.07, 6.45) is 31.8. The number of aliphatic hydroxyl groups is 2. The van der Waals surface area contributed by atoms with Gasteiger partial charge in [0.05, 0.1) is 69.4 Å². The third-order valence-corrected chi connectivity index (χ3v) is 30.2. The molecule has 16 bridgehead atoms. The van der Waals surface area contributed by atoms with Crippen LogP contribution in [0.2, 0.25) is 0 Å². The molecule has 15 aliphatic carbocycles. The van der Waals surface area contributed by atoms with E-state index >= 15 is 0 Å². The first-order valence-corrected chi connectivity index (χ1v) is 40.5. The molecule has 15 saturated carbocycles. The van der Waals surface area contributed by atoms with Crippen LogP contribution in [0.5, 0.6) is 0 Å². The van der Waals surface area contributed by atoms with Crippen molar-refractivity contribution in [3.63, 3.8) is 0 Å². The fourth-order valence-corrected chi connectivity index (χ4v) is 23.1. The average molecular weight is 1420 g/mol. The van der Waals surface area contributed by atoms with E-state index in [2.05, 4.69) is 27.7 Å². The van der Waals surface area contributed by atoms with Gasteiger partial charge in [-0.2, -0.15) is 0 Å². The highest BCUT2D eigenvalue weighted by Crippen LogP contribution is 2.66. The van der Waals surface area contributed by atoms with E-state index in [1.165, 1.54) is 77.7 Å². The zero-order valence-electron chi connectivity index (χ0n) is 65.7. The van der Waals surface area contributed by atoms with Gasteiger partial charge in [0.1, 0.15) is 34.6 Å². The molecule has 3 aliphatic heterocycles. The summed E-state index contributed by atoms with van der Waals surface area (Å²) < 4.78 is 46.2. The van der Waals surface area contributed by atoms with Crippen LogP contribution in [0.4, 0.5) is 0 Å². The summed E-state index contributed by atoms with van der Waals surface area (Å²) in [6, 6.07) is 0. The third kappa shape index (κ3) is 15.4. The van der Waals surface area contributed by atoms with Crippen molar-refractivity contribution in [1.82, 2.24) is 0 Å². The Morgan fingerprint density at radius 1 is 0.485 bits per heavy atom. The van der Waals surface area contributed by atoms with E-state index in [0.717, 1.165) is 120 Å². The largest absolute Gasteiger partial charge is 0.469 e. The fourth-order valence-electron chi connectivity index (χ4n) is 23.1. The summed E-state index contributed by atoms with van der Waals surface area (Å²) in [5.74, 6) is 2.90. The number of hydrogen-bond donors (Lipinski definition) is 2. The van der Waals surface area contributed by atoms with E-state index in [-0.39, 0.29) is 86.3 Å². The number of fused-ring (bicyclic) bond motifs is 3. The van der Waals surface area contributed by atoms with Crippen LogP contribution >= 0.6 is 0 Å². The number of carbonyl (C=O) groups is 7. The Kier molecular flexibility index (Phi) is 21.7. The van der Waals surface area contributed by atoms with Gasteiger partial charge in [0.2, 0.25) is 0 Å². The molecule has 0 aromatic rings. The molecule has 0 aromatic heterocycles. The molecule has 13 unspecified atom stereocenters. The van der Waals surface area contributed by atoms with Gasteiger partial charge in [0.15, 0.2) is 0 Å². The minimum absolute atomic E-state index is 0.00857. The van der Waals surface area contributed by atoms with Crippen molar-refractivity contribution in [2.24, 2.45) is 104 Å². The second-order valence-corrected chi connectivity index (χ2v) is 40.1. The topological polar surface area (TPSA) is 234 Å². The van der Waals surface area contributed by atoms with E-state index in [9.17, 15) is 43.8 Å². The van der Waals surface area contributed by atoms with Gasteiger partial charge in [0, 0.05) is 36.0 Å². The van der Waals surface area contributed by atoms with Crippen molar-refractivity contribution in [2.75, 3.05) is 7.11 Å². The maximum atomic E-state index is 12.6. The zero-order valence-corrected chi connectivity index (χ0v) is 65.7. The van der Waals surface area contributed by atoms with Gasteiger partial charge in [0.25, 0.3) is 0 Å².